The van der Waals surface area contributed by atoms with Gasteiger partial charge in [0.25, 0.3) is 5.91 Å². The molecule has 0 bridgehead atoms. The largest absolute Gasteiger partial charge is 0.337 e. The van der Waals surface area contributed by atoms with Crippen molar-refractivity contribution in [3.05, 3.63) is 16.1 Å². The number of carbonyl (C=O) groups excluding carboxylic acids is 1. The highest BCUT2D eigenvalue weighted by Crippen LogP contribution is 2.14. The Kier molecular flexibility index (Phi) is 9.01. The third-order valence-electron chi connectivity index (χ3n) is 2.59. The number of nitrogens with two attached hydrogens (primary N) is 1. The molecule has 1 aromatic heterocycles. The topological polar surface area (TPSA) is 59.2 Å². The molecule has 0 aliphatic carbocycles. The standard InChI is InChI=1S/C14H25N3OS.ClH/c1-10(2)7-17(8-11(3)4)14(18)12-9-19-13(16-12)5-6-15;/h9-11H,5-8,15H2,1-4H3;1H. The van der Waals surface area contributed by atoms with Crippen LogP contribution in [0.15, 0.2) is 5.38 Å². The quantitative estimate of drug-likeness (QED) is 0.840. The molecule has 6 heteroatoms. The molecule has 1 aromatic rings. The zero-order valence-electron chi connectivity index (χ0n) is 12.8. The SMILES string of the molecule is CC(C)CN(CC(C)C)C(=O)c1csc(CCN)n1.Cl. The van der Waals surface area contributed by atoms with E-state index in [1.807, 2.05) is 10.3 Å². The maximum atomic E-state index is 12.5. The zero-order chi connectivity index (χ0) is 14.4. The Morgan fingerprint density at radius 2 is 1.85 bits per heavy atom. The van der Waals surface area contributed by atoms with E-state index in [2.05, 4.69) is 32.7 Å². The van der Waals surface area contributed by atoms with Crippen LogP contribution in [-0.4, -0.2) is 35.4 Å². The van der Waals surface area contributed by atoms with Crippen molar-refractivity contribution in [2.24, 2.45) is 17.6 Å². The number of carbonyl (C=O) groups is 1. The number of hydrogen-bond donors (Lipinski definition) is 1. The summed E-state index contributed by atoms with van der Waals surface area (Å²) in [6, 6.07) is 0. The Bertz CT molecular complexity index is 397. The van der Waals surface area contributed by atoms with Crippen molar-refractivity contribution in [2.75, 3.05) is 19.6 Å². The van der Waals surface area contributed by atoms with E-state index >= 15 is 0 Å². The van der Waals surface area contributed by atoms with E-state index in [4.69, 9.17) is 5.73 Å². The van der Waals surface area contributed by atoms with E-state index in [0.29, 0.717) is 24.1 Å². The van der Waals surface area contributed by atoms with Crippen molar-refractivity contribution in [2.45, 2.75) is 34.1 Å². The normalized spacial score (nSPS) is 10.8. The molecule has 0 aliphatic heterocycles. The van der Waals surface area contributed by atoms with Gasteiger partial charge in [0.05, 0.1) is 5.01 Å². The number of thiazole rings is 1. The monoisotopic (exact) mass is 319 g/mol. The fourth-order valence-electron chi connectivity index (χ4n) is 1.93. The first-order valence-corrected chi connectivity index (χ1v) is 7.75. The molecule has 0 aromatic carbocycles. The molecule has 0 fully saturated rings. The third-order valence-corrected chi connectivity index (χ3v) is 3.50. The minimum absolute atomic E-state index is 0. The second-order valence-electron chi connectivity index (χ2n) is 5.66. The summed E-state index contributed by atoms with van der Waals surface area (Å²) in [5.41, 5.74) is 6.07. The second-order valence-corrected chi connectivity index (χ2v) is 6.61. The fourth-order valence-corrected chi connectivity index (χ4v) is 2.72. The van der Waals surface area contributed by atoms with Crippen molar-refractivity contribution in [3.8, 4) is 0 Å². The molecule has 20 heavy (non-hydrogen) atoms. The summed E-state index contributed by atoms with van der Waals surface area (Å²) < 4.78 is 0. The number of halogens is 1. The molecule has 0 atom stereocenters. The molecule has 1 heterocycles. The van der Waals surface area contributed by atoms with Gasteiger partial charge in [0.15, 0.2) is 0 Å². The van der Waals surface area contributed by atoms with Crippen LogP contribution in [0, 0.1) is 11.8 Å². The lowest BCUT2D eigenvalue weighted by atomic mass is 10.1. The maximum absolute atomic E-state index is 12.5. The van der Waals surface area contributed by atoms with Crippen LogP contribution >= 0.6 is 23.7 Å². The number of hydrogen-bond acceptors (Lipinski definition) is 4. The molecule has 1 rings (SSSR count). The van der Waals surface area contributed by atoms with Gasteiger partial charge < -0.3 is 10.6 Å². The molecule has 116 valence electrons. The summed E-state index contributed by atoms with van der Waals surface area (Å²) in [6.07, 6.45) is 0.742. The Balaban J connectivity index is 0.00000361. The maximum Gasteiger partial charge on any atom is 0.273 e. The van der Waals surface area contributed by atoms with Gasteiger partial charge in [-0.15, -0.1) is 23.7 Å². The van der Waals surface area contributed by atoms with Gasteiger partial charge >= 0.3 is 0 Å². The van der Waals surface area contributed by atoms with Crippen LogP contribution in [-0.2, 0) is 6.42 Å². The van der Waals surface area contributed by atoms with Crippen LogP contribution in [0.1, 0.15) is 43.2 Å². The zero-order valence-corrected chi connectivity index (χ0v) is 14.4. The van der Waals surface area contributed by atoms with Gasteiger partial charge in [0, 0.05) is 24.9 Å². The Morgan fingerprint density at radius 3 is 2.30 bits per heavy atom. The summed E-state index contributed by atoms with van der Waals surface area (Å²) in [6.45, 7) is 10.6. The molecule has 0 aliphatic rings. The molecule has 1 amide bonds. The van der Waals surface area contributed by atoms with Crippen molar-refractivity contribution in [1.29, 1.82) is 0 Å². The minimum atomic E-state index is 0. The van der Waals surface area contributed by atoms with Gasteiger partial charge in [-0.2, -0.15) is 0 Å². The van der Waals surface area contributed by atoms with Gasteiger partial charge in [-0.05, 0) is 18.4 Å². The van der Waals surface area contributed by atoms with Crippen LogP contribution in [0.4, 0.5) is 0 Å². The molecule has 2 N–H and O–H groups in total. The fraction of sp³-hybridized carbons (Fsp3) is 0.714. The third kappa shape index (κ3) is 6.20. The summed E-state index contributed by atoms with van der Waals surface area (Å²) >= 11 is 1.52. The van der Waals surface area contributed by atoms with Gasteiger partial charge in [-0.25, -0.2) is 4.98 Å². The summed E-state index contributed by atoms with van der Waals surface area (Å²) in [5.74, 6) is 0.969. The van der Waals surface area contributed by atoms with E-state index in [1.54, 1.807) is 0 Å². The highest BCUT2D eigenvalue weighted by atomic mass is 35.5. The average Bonchev–Trinajstić information content (AvgIpc) is 2.75. The van der Waals surface area contributed by atoms with E-state index in [-0.39, 0.29) is 18.3 Å². The van der Waals surface area contributed by atoms with Crippen molar-refractivity contribution >= 4 is 29.7 Å². The number of nitrogens with zero attached hydrogens (tertiary/aromatic N) is 2. The lowest BCUT2D eigenvalue weighted by Gasteiger charge is -2.25. The van der Waals surface area contributed by atoms with E-state index in [0.717, 1.165) is 24.5 Å². The summed E-state index contributed by atoms with van der Waals surface area (Å²) in [5, 5.41) is 2.79. The highest BCUT2D eigenvalue weighted by Gasteiger charge is 2.20. The van der Waals surface area contributed by atoms with E-state index in [1.165, 1.54) is 11.3 Å². The smallest absolute Gasteiger partial charge is 0.273 e. The number of rotatable bonds is 7. The molecule has 0 saturated heterocycles. The van der Waals surface area contributed by atoms with Crippen LogP contribution in [0.3, 0.4) is 0 Å². The van der Waals surface area contributed by atoms with E-state index < -0.39 is 0 Å². The Labute approximate surface area is 132 Å². The van der Waals surface area contributed by atoms with Gasteiger partial charge in [0.1, 0.15) is 5.69 Å². The first-order chi connectivity index (χ1) is 8.93. The Morgan fingerprint density at radius 1 is 1.30 bits per heavy atom. The van der Waals surface area contributed by atoms with Gasteiger partial charge in [-0.3, -0.25) is 4.79 Å². The van der Waals surface area contributed by atoms with Crippen LogP contribution in [0.5, 0.6) is 0 Å². The predicted molar refractivity (Wildman–Crippen MR) is 87.7 cm³/mol. The molecule has 0 spiro atoms. The van der Waals surface area contributed by atoms with Crippen LogP contribution < -0.4 is 5.73 Å². The van der Waals surface area contributed by atoms with E-state index in [9.17, 15) is 4.79 Å². The summed E-state index contributed by atoms with van der Waals surface area (Å²) in [4.78, 5) is 18.8. The molecular weight excluding hydrogens is 294 g/mol. The highest BCUT2D eigenvalue weighted by molar-refractivity contribution is 7.09. The van der Waals surface area contributed by atoms with Crippen LogP contribution in [0.25, 0.3) is 0 Å². The second kappa shape index (κ2) is 9.32. The molecule has 4 nitrogen and oxygen atoms in total. The molecule has 0 unspecified atom stereocenters. The molecular formula is C14H26ClN3OS. The van der Waals surface area contributed by atoms with Crippen molar-refractivity contribution < 1.29 is 4.79 Å². The van der Waals surface area contributed by atoms with Crippen molar-refractivity contribution in [1.82, 2.24) is 9.88 Å². The number of amides is 1. The number of aromatic nitrogens is 1. The predicted octanol–water partition coefficient (Wildman–Crippen LogP) is 2.82. The molecule has 0 radical (unpaired) electrons. The summed E-state index contributed by atoms with van der Waals surface area (Å²) in [7, 11) is 0. The lowest BCUT2D eigenvalue weighted by molar-refractivity contribution is 0.0710. The first kappa shape index (κ1) is 19.4. The van der Waals surface area contributed by atoms with Crippen LogP contribution in [0.2, 0.25) is 0 Å². The van der Waals surface area contributed by atoms with Gasteiger partial charge in [-0.1, -0.05) is 27.7 Å². The Hall–Kier alpha value is -0.650. The lowest BCUT2D eigenvalue weighted by Crippen LogP contribution is -2.37. The molecule has 0 saturated carbocycles. The minimum Gasteiger partial charge on any atom is -0.337 e. The first-order valence-electron chi connectivity index (χ1n) is 6.87. The van der Waals surface area contributed by atoms with Gasteiger partial charge in [0.2, 0.25) is 0 Å². The van der Waals surface area contributed by atoms with Crippen molar-refractivity contribution in [3.63, 3.8) is 0 Å². The average molecular weight is 320 g/mol.